The van der Waals surface area contributed by atoms with Crippen LogP contribution in [0.25, 0.3) is 34.9 Å². The zero-order chi connectivity index (χ0) is 16.4. The molecule has 0 N–H and O–H groups in total. The summed E-state index contributed by atoms with van der Waals surface area (Å²) in [5.74, 6) is 0.582. The van der Waals surface area contributed by atoms with Gasteiger partial charge in [0.05, 0.1) is 5.56 Å². The first-order chi connectivity index (χ1) is 11.8. The van der Waals surface area contributed by atoms with Crippen molar-refractivity contribution >= 4 is 12.3 Å². The lowest BCUT2D eigenvalue weighted by atomic mass is 10.1. The number of benzene rings is 2. The second kappa shape index (κ2) is 6.05. The van der Waals surface area contributed by atoms with Crippen molar-refractivity contribution in [3.63, 3.8) is 0 Å². The zero-order valence-electron chi connectivity index (χ0n) is 12.9. The number of furan rings is 1. The molecule has 3 heteroatoms. The molecule has 0 aromatic heterocycles. The monoisotopic (exact) mass is 313 g/mol. The van der Waals surface area contributed by atoms with Crippen LogP contribution in [0.5, 0.6) is 0 Å². The Hall–Kier alpha value is -3.33. The third-order valence-electron chi connectivity index (χ3n) is 3.92. The predicted molar refractivity (Wildman–Crippen MR) is 96.7 cm³/mol. The highest BCUT2D eigenvalue weighted by atomic mass is 16.4. The summed E-state index contributed by atoms with van der Waals surface area (Å²) in [6.45, 7) is 0. The van der Waals surface area contributed by atoms with Crippen molar-refractivity contribution in [3.05, 3.63) is 95.0 Å². The molecule has 0 radical (unpaired) electrons. The molecule has 3 nitrogen and oxygen atoms in total. The lowest BCUT2D eigenvalue weighted by molar-refractivity contribution is 0.544. The van der Waals surface area contributed by atoms with E-state index in [9.17, 15) is 4.79 Å². The normalized spacial score (nSPS) is 11.3. The van der Waals surface area contributed by atoms with Crippen LogP contribution in [0.2, 0.25) is 0 Å². The fourth-order valence-electron chi connectivity index (χ4n) is 2.80. The summed E-state index contributed by atoms with van der Waals surface area (Å²) in [4.78, 5) is 12.4. The molecule has 0 amide bonds. The van der Waals surface area contributed by atoms with Crippen LogP contribution < -0.4 is 5.63 Å². The number of fused-ring (bicyclic) bond motifs is 1. The molecule has 116 valence electrons. The quantitative estimate of drug-likeness (QED) is 0.542. The number of hydrogen-bond acceptors (Lipinski definition) is 2. The average molecular weight is 313 g/mol. The van der Waals surface area contributed by atoms with Crippen LogP contribution in [0, 0.1) is 0 Å². The van der Waals surface area contributed by atoms with E-state index in [0.717, 1.165) is 16.8 Å². The molecular weight excluding hydrogens is 298 g/mol. The van der Waals surface area contributed by atoms with Crippen molar-refractivity contribution in [2.45, 2.75) is 0 Å². The summed E-state index contributed by atoms with van der Waals surface area (Å²) in [6.07, 6.45) is 5.87. The summed E-state index contributed by atoms with van der Waals surface area (Å²) >= 11 is 0. The summed E-state index contributed by atoms with van der Waals surface area (Å²) in [5, 5.41) is 0. The third kappa shape index (κ3) is 2.57. The van der Waals surface area contributed by atoms with Crippen molar-refractivity contribution in [2.75, 3.05) is 0 Å². The molecule has 2 aromatic rings. The smallest absolute Gasteiger partial charge is 0.346 e. The molecule has 0 aliphatic carbocycles. The molecular formula is C21H15NO2. The molecule has 0 saturated heterocycles. The first kappa shape index (κ1) is 14.3. The number of hydrogen-bond donors (Lipinski definition) is 0. The van der Waals surface area contributed by atoms with Crippen molar-refractivity contribution < 1.29 is 4.42 Å². The minimum absolute atomic E-state index is 0.315. The molecule has 2 heterocycles. The van der Waals surface area contributed by atoms with E-state index >= 15 is 0 Å². The molecule has 2 aliphatic heterocycles. The number of nitrogens with zero attached hydrogens (tertiary/aromatic N) is 1. The van der Waals surface area contributed by atoms with Crippen LogP contribution in [0.1, 0.15) is 5.56 Å². The molecule has 0 fully saturated rings. The molecule has 0 saturated carbocycles. The van der Waals surface area contributed by atoms with Gasteiger partial charge in [-0.05, 0) is 29.3 Å². The summed E-state index contributed by atoms with van der Waals surface area (Å²) in [7, 11) is 0. The summed E-state index contributed by atoms with van der Waals surface area (Å²) in [5.41, 5.74) is 3.00. The fourth-order valence-corrected chi connectivity index (χ4v) is 2.80. The van der Waals surface area contributed by atoms with Crippen LogP contribution in [0.15, 0.2) is 88.2 Å². The second-order valence-corrected chi connectivity index (χ2v) is 5.49. The summed E-state index contributed by atoms with van der Waals surface area (Å²) < 4.78 is 7.36. The molecule has 2 aromatic carbocycles. The summed E-state index contributed by atoms with van der Waals surface area (Å²) in [6, 6.07) is 23.3. The third-order valence-corrected chi connectivity index (χ3v) is 3.92. The SMILES string of the molecule is O=c1oc2cccn(C=Cc3ccccc3)c-2c1-c1ccccc1. The van der Waals surface area contributed by atoms with Gasteiger partial charge in [0, 0.05) is 12.4 Å². The highest BCUT2D eigenvalue weighted by Gasteiger charge is 2.21. The molecule has 2 aliphatic rings. The topological polar surface area (TPSA) is 35.1 Å². The van der Waals surface area contributed by atoms with E-state index < -0.39 is 0 Å². The maximum absolute atomic E-state index is 12.4. The number of rotatable bonds is 3. The molecule has 0 spiro atoms. The Labute approximate surface area is 139 Å². The first-order valence-electron chi connectivity index (χ1n) is 7.75. The average Bonchev–Trinajstić information content (AvgIpc) is 2.98. The van der Waals surface area contributed by atoms with Gasteiger partial charge < -0.3 is 8.98 Å². The van der Waals surface area contributed by atoms with Crippen molar-refractivity contribution in [2.24, 2.45) is 0 Å². The van der Waals surface area contributed by atoms with Crippen molar-refractivity contribution in [3.8, 4) is 22.6 Å². The minimum Gasteiger partial charge on any atom is -0.421 e. The largest absolute Gasteiger partial charge is 0.421 e. The Bertz CT molecular complexity index is 1010. The molecule has 4 rings (SSSR count). The first-order valence-corrected chi connectivity index (χ1v) is 7.75. The lowest BCUT2D eigenvalue weighted by Gasteiger charge is -2.08. The highest BCUT2D eigenvalue weighted by molar-refractivity contribution is 5.81. The van der Waals surface area contributed by atoms with E-state index in [-0.39, 0.29) is 5.63 Å². The van der Waals surface area contributed by atoms with E-state index in [1.807, 2.05) is 95.8 Å². The Morgan fingerprint density at radius 3 is 2.29 bits per heavy atom. The van der Waals surface area contributed by atoms with E-state index in [4.69, 9.17) is 4.42 Å². The number of pyridine rings is 1. The predicted octanol–water partition coefficient (Wildman–Crippen LogP) is 4.84. The Kier molecular flexibility index (Phi) is 3.60. The second-order valence-electron chi connectivity index (χ2n) is 5.49. The van der Waals surface area contributed by atoms with Gasteiger partial charge in [-0.1, -0.05) is 60.7 Å². The van der Waals surface area contributed by atoms with E-state index in [1.165, 1.54) is 0 Å². The molecule has 0 unspecified atom stereocenters. The van der Waals surface area contributed by atoms with Gasteiger partial charge in [0.1, 0.15) is 5.69 Å². The standard InChI is InChI=1S/C21H15NO2/c23-21-19(17-10-5-2-6-11-17)20-18(24-21)12-7-14-22(20)15-13-16-8-3-1-4-9-16/h1-15H. The van der Waals surface area contributed by atoms with Gasteiger partial charge in [-0.3, -0.25) is 0 Å². The zero-order valence-corrected chi connectivity index (χ0v) is 12.9. The Morgan fingerprint density at radius 1 is 0.833 bits per heavy atom. The van der Waals surface area contributed by atoms with Gasteiger partial charge in [0.2, 0.25) is 0 Å². The van der Waals surface area contributed by atoms with E-state index in [2.05, 4.69) is 0 Å². The van der Waals surface area contributed by atoms with Crippen LogP contribution in [-0.2, 0) is 0 Å². The Balaban J connectivity index is 1.88. The minimum atomic E-state index is -0.315. The highest BCUT2D eigenvalue weighted by Crippen LogP contribution is 2.32. The number of aromatic nitrogens is 1. The van der Waals surface area contributed by atoms with E-state index in [1.54, 1.807) is 0 Å². The van der Waals surface area contributed by atoms with Crippen LogP contribution in [0.3, 0.4) is 0 Å². The van der Waals surface area contributed by atoms with Gasteiger partial charge in [-0.25, -0.2) is 4.79 Å². The van der Waals surface area contributed by atoms with Crippen LogP contribution in [-0.4, -0.2) is 4.57 Å². The van der Waals surface area contributed by atoms with Crippen molar-refractivity contribution in [1.82, 2.24) is 4.57 Å². The molecule has 24 heavy (non-hydrogen) atoms. The molecule has 0 atom stereocenters. The molecule has 0 bridgehead atoms. The maximum Gasteiger partial charge on any atom is 0.346 e. The fraction of sp³-hybridized carbons (Fsp3) is 0. The van der Waals surface area contributed by atoms with Crippen molar-refractivity contribution in [1.29, 1.82) is 0 Å². The van der Waals surface area contributed by atoms with Gasteiger partial charge in [0.15, 0.2) is 5.76 Å². The van der Waals surface area contributed by atoms with Gasteiger partial charge in [-0.2, -0.15) is 0 Å². The van der Waals surface area contributed by atoms with Gasteiger partial charge in [0.25, 0.3) is 0 Å². The van der Waals surface area contributed by atoms with Gasteiger partial charge in [-0.15, -0.1) is 0 Å². The van der Waals surface area contributed by atoms with E-state index in [0.29, 0.717) is 11.3 Å². The maximum atomic E-state index is 12.4. The Morgan fingerprint density at radius 2 is 1.54 bits per heavy atom. The van der Waals surface area contributed by atoms with Gasteiger partial charge >= 0.3 is 5.63 Å². The van der Waals surface area contributed by atoms with Crippen LogP contribution in [0.4, 0.5) is 0 Å². The van der Waals surface area contributed by atoms with Crippen LogP contribution >= 0.6 is 0 Å². The lowest BCUT2D eigenvalue weighted by Crippen LogP contribution is -1.99.